The first kappa shape index (κ1) is 12.1. The molecule has 1 unspecified atom stereocenters. The van der Waals surface area contributed by atoms with Crippen LogP contribution in [0.4, 0.5) is 0 Å². The molecule has 0 radical (unpaired) electrons. The van der Waals surface area contributed by atoms with Gasteiger partial charge in [0.25, 0.3) is 0 Å². The van der Waals surface area contributed by atoms with E-state index in [9.17, 15) is 4.79 Å². The Morgan fingerprint density at radius 3 is 2.54 bits per heavy atom. The fourth-order valence-electron chi connectivity index (χ4n) is 0.933. The van der Waals surface area contributed by atoms with Crippen molar-refractivity contribution in [1.29, 1.82) is 0 Å². The van der Waals surface area contributed by atoms with Crippen LogP contribution in [-0.2, 0) is 4.79 Å². The summed E-state index contributed by atoms with van der Waals surface area (Å²) in [5.41, 5.74) is 0.726. The van der Waals surface area contributed by atoms with Crippen LogP contribution in [0.1, 0.15) is 40.0 Å². The van der Waals surface area contributed by atoms with Crippen LogP contribution in [0.3, 0.4) is 0 Å². The van der Waals surface area contributed by atoms with Gasteiger partial charge in [0, 0.05) is 12.3 Å². The fraction of sp³-hybridized carbons (Fsp3) is 0.800. The lowest BCUT2D eigenvalue weighted by molar-refractivity contribution is -0.138. The summed E-state index contributed by atoms with van der Waals surface area (Å²) >= 11 is 0. The van der Waals surface area contributed by atoms with E-state index in [1.165, 1.54) is 6.42 Å². The summed E-state index contributed by atoms with van der Waals surface area (Å²) < 4.78 is 0. The molecule has 0 spiro atoms. The first-order chi connectivity index (χ1) is 6.09. The summed E-state index contributed by atoms with van der Waals surface area (Å²) in [6, 6.07) is 0. The van der Waals surface area contributed by atoms with Crippen LogP contribution >= 0.6 is 0 Å². The predicted octanol–water partition coefficient (Wildman–Crippen LogP) is 2.36. The van der Waals surface area contributed by atoms with E-state index in [1.807, 2.05) is 0 Å². The van der Waals surface area contributed by atoms with Gasteiger partial charge in [-0.05, 0) is 20.3 Å². The highest BCUT2D eigenvalue weighted by atomic mass is 16.4. The number of rotatable bonds is 6. The number of carboxylic acid groups (broad SMARTS) is 1. The molecule has 1 atom stereocenters. The van der Waals surface area contributed by atoms with Crippen LogP contribution in [0.15, 0.2) is 4.99 Å². The summed E-state index contributed by atoms with van der Waals surface area (Å²) in [5.74, 6) is -1.24. The van der Waals surface area contributed by atoms with E-state index in [4.69, 9.17) is 5.11 Å². The second-order valence-corrected chi connectivity index (χ2v) is 3.29. The lowest BCUT2D eigenvalue weighted by Crippen LogP contribution is -2.18. The van der Waals surface area contributed by atoms with E-state index in [0.717, 1.165) is 25.1 Å². The Kier molecular flexibility index (Phi) is 6.20. The van der Waals surface area contributed by atoms with Crippen molar-refractivity contribution in [1.82, 2.24) is 0 Å². The summed E-state index contributed by atoms with van der Waals surface area (Å²) in [4.78, 5) is 14.8. The number of nitrogens with zero attached hydrogens (tertiary/aromatic N) is 1. The van der Waals surface area contributed by atoms with E-state index in [2.05, 4.69) is 11.9 Å². The maximum Gasteiger partial charge on any atom is 0.311 e. The Bertz CT molecular complexity index is 187. The topological polar surface area (TPSA) is 49.7 Å². The molecule has 1 N–H and O–H groups in total. The molecule has 0 aliphatic heterocycles. The standard InChI is InChI=1S/C10H19NO2/c1-4-5-6-7-11-9(3)8(2)10(12)13/h8H,4-7H2,1-3H3,(H,12,13). The monoisotopic (exact) mass is 185 g/mol. The predicted molar refractivity (Wildman–Crippen MR) is 54.3 cm³/mol. The van der Waals surface area contributed by atoms with Gasteiger partial charge in [0.05, 0.1) is 5.92 Å². The number of hydrogen-bond acceptors (Lipinski definition) is 2. The van der Waals surface area contributed by atoms with Gasteiger partial charge in [-0.1, -0.05) is 19.8 Å². The van der Waals surface area contributed by atoms with Gasteiger partial charge in [-0.2, -0.15) is 0 Å². The van der Waals surface area contributed by atoms with Gasteiger partial charge in [0.1, 0.15) is 0 Å². The summed E-state index contributed by atoms with van der Waals surface area (Å²) in [6.07, 6.45) is 3.39. The molecule has 0 fully saturated rings. The third-order valence-corrected chi connectivity index (χ3v) is 2.12. The van der Waals surface area contributed by atoms with E-state index in [0.29, 0.717) is 0 Å². The van der Waals surface area contributed by atoms with Gasteiger partial charge in [0.2, 0.25) is 0 Å². The summed E-state index contributed by atoms with van der Waals surface area (Å²) in [5, 5.41) is 8.67. The normalized spacial score (nSPS) is 14.2. The van der Waals surface area contributed by atoms with Crippen molar-refractivity contribution in [3.8, 4) is 0 Å². The van der Waals surface area contributed by atoms with Crippen molar-refractivity contribution in [3.05, 3.63) is 0 Å². The van der Waals surface area contributed by atoms with Crippen molar-refractivity contribution in [2.24, 2.45) is 10.9 Å². The molecule has 0 aliphatic rings. The molecule has 3 heteroatoms. The van der Waals surface area contributed by atoms with Crippen LogP contribution in [0.5, 0.6) is 0 Å². The van der Waals surface area contributed by atoms with Crippen molar-refractivity contribution in [3.63, 3.8) is 0 Å². The highest BCUT2D eigenvalue weighted by Crippen LogP contribution is 2.01. The average molecular weight is 185 g/mol. The molecule has 0 amide bonds. The summed E-state index contributed by atoms with van der Waals surface area (Å²) in [6.45, 7) is 6.35. The van der Waals surface area contributed by atoms with E-state index >= 15 is 0 Å². The first-order valence-electron chi connectivity index (χ1n) is 4.83. The zero-order chi connectivity index (χ0) is 10.3. The molecule has 13 heavy (non-hydrogen) atoms. The van der Waals surface area contributed by atoms with Gasteiger partial charge >= 0.3 is 5.97 Å². The minimum atomic E-state index is -0.795. The Morgan fingerprint density at radius 2 is 2.08 bits per heavy atom. The highest BCUT2D eigenvalue weighted by Gasteiger charge is 2.13. The van der Waals surface area contributed by atoms with Crippen LogP contribution in [0.2, 0.25) is 0 Å². The highest BCUT2D eigenvalue weighted by molar-refractivity contribution is 5.99. The van der Waals surface area contributed by atoms with Crippen LogP contribution in [0.25, 0.3) is 0 Å². The van der Waals surface area contributed by atoms with Crippen molar-refractivity contribution >= 4 is 11.7 Å². The maximum absolute atomic E-state index is 10.5. The molecular weight excluding hydrogens is 166 g/mol. The Labute approximate surface area is 79.9 Å². The third kappa shape index (κ3) is 5.39. The lowest BCUT2D eigenvalue weighted by Gasteiger charge is -2.04. The van der Waals surface area contributed by atoms with Gasteiger partial charge in [0.15, 0.2) is 0 Å². The number of carbonyl (C=O) groups is 1. The second-order valence-electron chi connectivity index (χ2n) is 3.29. The quantitative estimate of drug-likeness (QED) is 0.510. The molecule has 0 heterocycles. The molecule has 3 nitrogen and oxygen atoms in total. The van der Waals surface area contributed by atoms with Gasteiger partial charge in [-0.15, -0.1) is 0 Å². The smallest absolute Gasteiger partial charge is 0.311 e. The molecule has 0 aromatic rings. The Hall–Kier alpha value is -0.860. The third-order valence-electron chi connectivity index (χ3n) is 2.12. The second kappa shape index (κ2) is 6.63. The SMILES string of the molecule is CCCCCN=C(C)C(C)C(=O)O. The molecule has 0 rings (SSSR count). The molecule has 0 aromatic carbocycles. The Morgan fingerprint density at radius 1 is 1.46 bits per heavy atom. The molecule has 0 saturated heterocycles. The number of hydrogen-bond donors (Lipinski definition) is 1. The van der Waals surface area contributed by atoms with Crippen molar-refractivity contribution < 1.29 is 9.90 Å². The van der Waals surface area contributed by atoms with E-state index in [-0.39, 0.29) is 0 Å². The first-order valence-corrected chi connectivity index (χ1v) is 4.83. The minimum absolute atomic E-state index is 0.443. The molecule has 76 valence electrons. The largest absolute Gasteiger partial charge is 0.481 e. The maximum atomic E-state index is 10.5. The minimum Gasteiger partial charge on any atom is -0.481 e. The van der Waals surface area contributed by atoms with Gasteiger partial charge in [-0.25, -0.2) is 0 Å². The fourth-order valence-corrected chi connectivity index (χ4v) is 0.933. The van der Waals surface area contributed by atoms with Crippen molar-refractivity contribution in [2.75, 3.05) is 6.54 Å². The zero-order valence-electron chi connectivity index (χ0n) is 8.71. The van der Waals surface area contributed by atoms with Gasteiger partial charge < -0.3 is 5.11 Å². The molecule has 0 aliphatic carbocycles. The average Bonchev–Trinajstić information content (AvgIpc) is 2.10. The number of aliphatic carboxylic acids is 1. The van der Waals surface area contributed by atoms with Gasteiger partial charge in [-0.3, -0.25) is 9.79 Å². The molecule has 0 saturated carbocycles. The van der Waals surface area contributed by atoms with Crippen LogP contribution in [-0.4, -0.2) is 23.3 Å². The molecule has 0 aromatic heterocycles. The van der Waals surface area contributed by atoms with Crippen LogP contribution < -0.4 is 0 Å². The molecule has 0 bridgehead atoms. The number of carboxylic acids is 1. The van der Waals surface area contributed by atoms with Crippen LogP contribution in [0, 0.1) is 5.92 Å². The zero-order valence-corrected chi connectivity index (χ0v) is 8.71. The number of unbranched alkanes of at least 4 members (excludes halogenated alkanes) is 2. The molecular formula is C10H19NO2. The summed E-state index contributed by atoms with van der Waals surface area (Å²) in [7, 11) is 0. The van der Waals surface area contributed by atoms with E-state index < -0.39 is 11.9 Å². The van der Waals surface area contributed by atoms with Crippen molar-refractivity contribution in [2.45, 2.75) is 40.0 Å². The Balaban J connectivity index is 3.80. The van der Waals surface area contributed by atoms with E-state index in [1.54, 1.807) is 13.8 Å². The number of aliphatic imine (C=N–C) groups is 1. The lowest BCUT2D eigenvalue weighted by atomic mass is 10.1.